The van der Waals surface area contributed by atoms with Crippen molar-refractivity contribution in [3.8, 4) is 5.75 Å². The number of benzene rings is 1. The highest BCUT2D eigenvalue weighted by molar-refractivity contribution is 9.10. The molecule has 108 valence electrons. The molecule has 20 heavy (non-hydrogen) atoms. The van der Waals surface area contributed by atoms with E-state index in [1.165, 1.54) is 12.1 Å². The fourth-order valence-corrected chi connectivity index (χ4v) is 3.89. The maximum atomic E-state index is 12.1. The Morgan fingerprint density at radius 2 is 1.80 bits per heavy atom. The highest BCUT2D eigenvalue weighted by Crippen LogP contribution is 2.39. The summed E-state index contributed by atoms with van der Waals surface area (Å²) in [4.78, 5) is 2.18. The molecular weight excluding hydrogens is 421 g/mol. The quantitative estimate of drug-likeness (QED) is 0.527. The zero-order valence-electron chi connectivity index (χ0n) is 10.2. The monoisotopic (exact) mass is 428 g/mol. The molecule has 2 rings (SSSR count). The van der Waals surface area contributed by atoms with Crippen LogP contribution in [0.5, 0.6) is 5.75 Å². The van der Waals surface area contributed by atoms with Gasteiger partial charge in [0.25, 0.3) is 0 Å². The Morgan fingerprint density at radius 3 is 2.25 bits per heavy atom. The molecule has 0 spiro atoms. The molecule has 1 aromatic carbocycles. The second-order valence-corrected chi connectivity index (χ2v) is 7.09. The predicted octanol–water partition coefficient (Wildman–Crippen LogP) is 6.20. The number of aryl methyl sites for hydroxylation is 1. The van der Waals surface area contributed by atoms with E-state index in [9.17, 15) is 13.2 Å². The predicted molar refractivity (Wildman–Crippen MR) is 80.7 cm³/mol. The standard InChI is InChI=1S/C13H9Br2F3OS/c1-7-10(14)6-11(20-7)12(15)8-2-4-9(5-3-8)19-13(16,17)18/h2-6,12H,1H3. The van der Waals surface area contributed by atoms with E-state index in [1.807, 2.05) is 13.0 Å². The van der Waals surface area contributed by atoms with Gasteiger partial charge in [-0.1, -0.05) is 28.1 Å². The number of thiophene rings is 1. The summed E-state index contributed by atoms with van der Waals surface area (Å²) < 4.78 is 41.1. The maximum absolute atomic E-state index is 12.1. The average molecular weight is 430 g/mol. The lowest BCUT2D eigenvalue weighted by molar-refractivity contribution is -0.274. The molecule has 1 heterocycles. The number of hydrogen-bond donors (Lipinski definition) is 0. The van der Waals surface area contributed by atoms with Crippen molar-refractivity contribution in [1.82, 2.24) is 0 Å². The van der Waals surface area contributed by atoms with Crippen molar-refractivity contribution in [2.75, 3.05) is 0 Å². The Hall–Kier alpha value is -0.530. The van der Waals surface area contributed by atoms with Crippen LogP contribution in [0.25, 0.3) is 0 Å². The summed E-state index contributed by atoms with van der Waals surface area (Å²) in [6.45, 7) is 2.00. The van der Waals surface area contributed by atoms with Crippen LogP contribution in [0.3, 0.4) is 0 Å². The Bertz CT molecular complexity index is 573. The molecule has 0 saturated heterocycles. The molecular formula is C13H9Br2F3OS. The molecule has 0 fully saturated rings. The Morgan fingerprint density at radius 1 is 1.20 bits per heavy atom. The van der Waals surface area contributed by atoms with Crippen LogP contribution in [-0.4, -0.2) is 6.36 Å². The second-order valence-electron chi connectivity index (χ2n) is 4.03. The number of hydrogen-bond acceptors (Lipinski definition) is 2. The fraction of sp³-hybridized carbons (Fsp3) is 0.231. The minimum absolute atomic E-state index is 0.0579. The van der Waals surface area contributed by atoms with E-state index in [0.29, 0.717) is 0 Å². The van der Waals surface area contributed by atoms with Gasteiger partial charge >= 0.3 is 6.36 Å². The van der Waals surface area contributed by atoms with Crippen molar-refractivity contribution in [3.05, 3.63) is 50.1 Å². The van der Waals surface area contributed by atoms with Gasteiger partial charge in [-0.15, -0.1) is 24.5 Å². The van der Waals surface area contributed by atoms with Gasteiger partial charge in [-0.05, 0) is 46.6 Å². The van der Waals surface area contributed by atoms with E-state index in [1.54, 1.807) is 23.5 Å². The van der Waals surface area contributed by atoms with Crippen LogP contribution in [0.1, 0.15) is 20.1 Å². The van der Waals surface area contributed by atoms with E-state index in [2.05, 4.69) is 36.6 Å². The molecule has 1 atom stereocenters. The molecule has 0 aliphatic carbocycles. The van der Waals surface area contributed by atoms with Crippen molar-refractivity contribution in [3.63, 3.8) is 0 Å². The summed E-state index contributed by atoms with van der Waals surface area (Å²) >= 11 is 8.63. The van der Waals surface area contributed by atoms with Crippen LogP contribution in [0, 0.1) is 6.92 Å². The summed E-state index contributed by atoms with van der Waals surface area (Å²) in [6, 6.07) is 7.85. The molecule has 1 unspecified atom stereocenters. The lowest BCUT2D eigenvalue weighted by Gasteiger charge is -2.11. The first-order chi connectivity index (χ1) is 9.26. The molecule has 0 radical (unpaired) electrons. The summed E-state index contributed by atoms with van der Waals surface area (Å²) in [7, 11) is 0. The number of alkyl halides is 4. The highest BCUT2D eigenvalue weighted by Gasteiger charge is 2.31. The van der Waals surface area contributed by atoms with Gasteiger partial charge in [0.15, 0.2) is 0 Å². The normalized spacial score (nSPS) is 13.3. The lowest BCUT2D eigenvalue weighted by Crippen LogP contribution is -2.17. The van der Waals surface area contributed by atoms with Gasteiger partial charge in [0.05, 0.1) is 4.83 Å². The topological polar surface area (TPSA) is 9.23 Å². The Labute approximate surface area is 135 Å². The van der Waals surface area contributed by atoms with Gasteiger partial charge in [-0.25, -0.2) is 0 Å². The van der Waals surface area contributed by atoms with E-state index >= 15 is 0 Å². The van der Waals surface area contributed by atoms with Crippen molar-refractivity contribution < 1.29 is 17.9 Å². The number of ether oxygens (including phenoxy) is 1. The van der Waals surface area contributed by atoms with Crippen LogP contribution in [0.15, 0.2) is 34.8 Å². The minimum atomic E-state index is -4.66. The van der Waals surface area contributed by atoms with Crippen LogP contribution in [-0.2, 0) is 0 Å². The molecule has 0 aliphatic heterocycles. The Kier molecular flexibility index (Phi) is 4.81. The smallest absolute Gasteiger partial charge is 0.406 e. The van der Waals surface area contributed by atoms with Gasteiger partial charge in [0.2, 0.25) is 0 Å². The van der Waals surface area contributed by atoms with Crippen molar-refractivity contribution >= 4 is 43.2 Å². The first-order valence-electron chi connectivity index (χ1n) is 5.52. The van der Waals surface area contributed by atoms with Gasteiger partial charge < -0.3 is 4.74 Å². The third kappa shape index (κ3) is 3.99. The number of halogens is 5. The van der Waals surface area contributed by atoms with Gasteiger partial charge in [-0.3, -0.25) is 0 Å². The molecule has 0 amide bonds. The van der Waals surface area contributed by atoms with Crippen LogP contribution >= 0.6 is 43.2 Å². The van der Waals surface area contributed by atoms with Crippen LogP contribution < -0.4 is 4.74 Å². The summed E-state index contributed by atoms with van der Waals surface area (Å²) in [5, 5.41) is 0. The van der Waals surface area contributed by atoms with E-state index in [4.69, 9.17) is 0 Å². The van der Waals surface area contributed by atoms with Gasteiger partial charge in [0.1, 0.15) is 5.75 Å². The van der Waals surface area contributed by atoms with E-state index in [0.717, 1.165) is 19.8 Å². The number of rotatable bonds is 3. The molecule has 7 heteroatoms. The van der Waals surface area contributed by atoms with Crippen LogP contribution in [0.2, 0.25) is 0 Å². The average Bonchev–Trinajstić information content (AvgIpc) is 2.68. The highest BCUT2D eigenvalue weighted by atomic mass is 79.9. The van der Waals surface area contributed by atoms with Gasteiger partial charge in [-0.2, -0.15) is 0 Å². The summed E-state index contributed by atoms with van der Waals surface area (Å²) in [5.41, 5.74) is 0.869. The first-order valence-corrected chi connectivity index (χ1v) is 8.04. The summed E-state index contributed by atoms with van der Waals surface area (Å²) in [6.07, 6.45) is -4.66. The molecule has 1 nitrogen and oxygen atoms in total. The second kappa shape index (κ2) is 6.07. The summed E-state index contributed by atoms with van der Waals surface area (Å²) in [5.74, 6) is -0.218. The molecule has 0 bridgehead atoms. The lowest BCUT2D eigenvalue weighted by atomic mass is 10.1. The van der Waals surface area contributed by atoms with E-state index in [-0.39, 0.29) is 10.6 Å². The molecule has 0 N–H and O–H groups in total. The van der Waals surface area contributed by atoms with Crippen molar-refractivity contribution in [1.29, 1.82) is 0 Å². The molecule has 0 saturated carbocycles. The van der Waals surface area contributed by atoms with Gasteiger partial charge in [0, 0.05) is 14.2 Å². The molecule has 2 aromatic rings. The van der Waals surface area contributed by atoms with E-state index < -0.39 is 6.36 Å². The Balaban J connectivity index is 2.17. The zero-order valence-corrected chi connectivity index (χ0v) is 14.2. The zero-order chi connectivity index (χ0) is 14.9. The minimum Gasteiger partial charge on any atom is -0.406 e. The van der Waals surface area contributed by atoms with Crippen molar-refractivity contribution in [2.24, 2.45) is 0 Å². The van der Waals surface area contributed by atoms with Crippen LogP contribution in [0.4, 0.5) is 13.2 Å². The molecule has 1 aromatic heterocycles. The third-order valence-electron chi connectivity index (χ3n) is 2.53. The largest absolute Gasteiger partial charge is 0.573 e. The van der Waals surface area contributed by atoms with Crippen molar-refractivity contribution in [2.45, 2.75) is 18.1 Å². The first kappa shape index (κ1) is 15.9. The third-order valence-corrected chi connectivity index (χ3v) is 6.06. The SMILES string of the molecule is Cc1sc(C(Br)c2ccc(OC(F)(F)F)cc2)cc1Br. The fourth-order valence-electron chi connectivity index (χ4n) is 1.61. The molecule has 0 aliphatic rings. The maximum Gasteiger partial charge on any atom is 0.573 e.